The highest BCUT2D eigenvalue weighted by Crippen LogP contribution is 2.58. The topological polar surface area (TPSA) is 0 Å². The summed E-state index contributed by atoms with van der Waals surface area (Å²) in [7, 11) is 0. The first-order chi connectivity index (χ1) is 7.42. The molecule has 1 heteroatoms. The summed E-state index contributed by atoms with van der Waals surface area (Å²) in [4.78, 5) is 1.58. The summed E-state index contributed by atoms with van der Waals surface area (Å²) in [5, 5.41) is 0.971. The lowest BCUT2D eigenvalue weighted by Gasteiger charge is -2.35. The van der Waals surface area contributed by atoms with Crippen LogP contribution in [0.15, 0.2) is 29.2 Å². The summed E-state index contributed by atoms with van der Waals surface area (Å²) in [6.07, 6.45) is 5.95. The Bertz CT molecular complexity index is 361. The van der Waals surface area contributed by atoms with Crippen LogP contribution in [0.25, 0.3) is 0 Å². The van der Waals surface area contributed by atoms with Gasteiger partial charge in [-0.2, -0.15) is 0 Å². The van der Waals surface area contributed by atoms with E-state index in [2.05, 4.69) is 36.0 Å². The van der Waals surface area contributed by atoms with Crippen molar-refractivity contribution in [2.45, 2.75) is 35.8 Å². The first-order valence-corrected chi connectivity index (χ1v) is 7.04. The Morgan fingerprint density at radius 2 is 1.93 bits per heavy atom. The van der Waals surface area contributed by atoms with Crippen molar-refractivity contribution < 1.29 is 0 Å². The van der Waals surface area contributed by atoms with Crippen LogP contribution in [0.1, 0.15) is 24.8 Å². The van der Waals surface area contributed by atoms with Crippen LogP contribution in [0.2, 0.25) is 0 Å². The molecule has 1 aromatic rings. The van der Waals surface area contributed by atoms with Crippen LogP contribution in [-0.4, -0.2) is 5.25 Å². The van der Waals surface area contributed by atoms with E-state index in [4.69, 9.17) is 0 Å². The van der Waals surface area contributed by atoms with Gasteiger partial charge in [-0.15, -0.1) is 11.8 Å². The lowest BCUT2D eigenvalue weighted by molar-refractivity contribution is 0.335. The summed E-state index contributed by atoms with van der Waals surface area (Å²) in [6, 6.07) is 9.05. The predicted molar refractivity (Wildman–Crippen MR) is 64.1 cm³/mol. The molecule has 2 fully saturated rings. The molecular weight excluding hydrogens is 200 g/mol. The number of thioether (sulfide) groups is 1. The molecule has 0 aromatic heterocycles. The molecule has 0 spiro atoms. The average Bonchev–Trinajstić information content (AvgIpc) is 2.87. The van der Waals surface area contributed by atoms with Crippen molar-refractivity contribution in [1.82, 2.24) is 0 Å². The molecule has 0 amide bonds. The smallest absolute Gasteiger partial charge is 0.0157 e. The number of fused-ring (bicyclic) bond motifs is 6. The fourth-order valence-corrected chi connectivity index (χ4v) is 5.70. The fourth-order valence-electron chi connectivity index (χ4n) is 4.01. The zero-order chi connectivity index (χ0) is 9.83. The maximum Gasteiger partial charge on any atom is 0.0157 e. The van der Waals surface area contributed by atoms with E-state index in [1.807, 2.05) is 0 Å². The van der Waals surface area contributed by atoms with Gasteiger partial charge in [0.2, 0.25) is 0 Å². The van der Waals surface area contributed by atoms with E-state index in [0.717, 1.165) is 23.0 Å². The van der Waals surface area contributed by atoms with Crippen LogP contribution in [0.5, 0.6) is 0 Å². The molecule has 3 aliphatic rings. The number of hydrogen-bond donors (Lipinski definition) is 0. The molecule has 0 nitrogen and oxygen atoms in total. The second-order valence-electron chi connectivity index (χ2n) is 5.39. The summed E-state index contributed by atoms with van der Waals surface area (Å²) >= 11 is 2.19. The summed E-state index contributed by atoms with van der Waals surface area (Å²) in [5.74, 6) is 3.14. The van der Waals surface area contributed by atoms with Crippen molar-refractivity contribution in [3.8, 4) is 0 Å². The predicted octanol–water partition coefficient (Wildman–Crippen LogP) is 3.75. The molecule has 0 unspecified atom stereocenters. The monoisotopic (exact) mass is 216 g/mol. The van der Waals surface area contributed by atoms with Gasteiger partial charge in [0.15, 0.2) is 0 Å². The summed E-state index contributed by atoms with van der Waals surface area (Å²) < 4.78 is 0. The van der Waals surface area contributed by atoms with Crippen molar-refractivity contribution in [1.29, 1.82) is 0 Å². The average molecular weight is 216 g/mol. The molecule has 4 atom stereocenters. The summed E-state index contributed by atoms with van der Waals surface area (Å²) in [5.41, 5.74) is 1.62. The molecule has 0 saturated heterocycles. The molecule has 0 N–H and O–H groups in total. The van der Waals surface area contributed by atoms with Gasteiger partial charge in [-0.25, -0.2) is 0 Å². The van der Waals surface area contributed by atoms with E-state index < -0.39 is 0 Å². The molecule has 2 aliphatic carbocycles. The van der Waals surface area contributed by atoms with Crippen LogP contribution in [0.4, 0.5) is 0 Å². The molecule has 1 aliphatic heterocycles. The van der Waals surface area contributed by atoms with Gasteiger partial charge in [-0.05, 0) is 55.1 Å². The Kier molecular flexibility index (Phi) is 1.76. The molecule has 15 heavy (non-hydrogen) atoms. The number of benzene rings is 1. The van der Waals surface area contributed by atoms with Gasteiger partial charge in [-0.3, -0.25) is 0 Å². The third kappa shape index (κ3) is 1.16. The van der Waals surface area contributed by atoms with Gasteiger partial charge in [-0.1, -0.05) is 18.2 Å². The minimum absolute atomic E-state index is 0.971. The van der Waals surface area contributed by atoms with Crippen molar-refractivity contribution in [2.75, 3.05) is 0 Å². The molecule has 2 saturated carbocycles. The van der Waals surface area contributed by atoms with Crippen LogP contribution in [0.3, 0.4) is 0 Å². The Morgan fingerprint density at radius 1 is 1.07 bits per heavy atom. The normalized spacial score (nSPS) is 41.3. The maximum atomic E-state index is 2.34. The molecule has 0 radical (unpaired) electrons. The van der Waals surface area contributed by atoms with Crippen molar-refractivity contribution in [3.63, 3.8) is 0 Å². The fraction of sp³-hybridized carbons (Fsp3) is 0.571. The van der Waals surface area contributed by atoms with Crippen molar-refractivity contribution in [3.05, 3.63) is 29.8 Å². The minimum Gasteiger partial charge on any atom is -0.122 e. The SMILES string of the molecule is c1ccc2c(c1)C[C@@H]1[C@H]3CC[C@H](C3)[C@@H]1S2. The second kappa shape index (κ2) is 3.04. The van der Waals surface area contributed by atoms with E-state index in [1.165, 1.54) is 25.7 Å². The number of rotatable bonds is 0. The molecule has 78 valence electrons. The molecule has 1 aromatic carbocycles. The van der Waals surface area contributed by atoms with E-state index in [0.29, 0.717) is 0 Å². The van der Waals surface area contributed by atoms with Gasteiger partial charge in [0.25, 0.3) is 0 Å². The van der Waals surface area contributed by atoms with Crippen molar-refractivity contribution in [2.24, 2.45) is 17.8 Å². The second-order valence-corrected chi connectivity index (χ2v) is 6.61. The van der Waals surface area contributed by atoms with Gasteiger partial charge in [0.05, 0.1) is 0 Å². The summed E-state index contributed by atoms with van der Waals surface area (Å²) in [6.45, 7) is 0. The Balaban J connectivity index is 1.75. The zero-order valence-corrected chi connectivity index (χ0v) is 9.67. The zero-order valence-electron chi connectivity index (χ0n) is 8.86. The quantitative estimate of drug-likeness (QED) is 0.636. The third-order valence-corrected chi connectivity index (χ3v) is 6.36. The standard InChI is InChI=1S/C14H16S/c1-2-4-13-10(3-1)8-12-9-5-6-11(7-9)14(12)15-13/h1-4,9,11-12,14H,5-8H2/t9-,11+,12+,14-/m0/s1. The van der Waals surface area contributed by atoms with Crippen molar-refractivity contribution >= 4 is 11.8 Å². The van der Waals surface area contributed by atoms with Gasteiger partial charge in [0.1, 0.15) is 0 Å². The lowest BCUT2D eigenvalue weighted by atomic mass is 9.83. The van der Waals surface area contributed by atoms with Crippen LogP contribution in [-0.2, 0) is 6.42 Å². The Labute approximate surface area is 95.5 Å². The largest absolute Gasteiger partial charge is 0.122 e. The molecular formula is C14H16S. The molecule has 1 heterocycles. The minimum atomic E-state index is 0.971. The third-order valence-electron chi connectivity index (χ3n) is 4.70. The van der Waals surface area contributed by atoms with Gasteiger partial charge < -0.3 is 0 Å². The Hall–Kier alpha value is -0.430. The maximum absolute atomic E-state index is 2.34. The van der Waals surface area contributed by atoms with E-state index in [9.17, 15) is 0 Å². The molecule has 2 bridgehead atoms. The van der Waals surface area contributed by atoms with Gasteiger partial charge in [0, 0.05) is 10.1 Å². The number of hydrogen-bond acceptors (Lipinski definition) is 1. The van der Waals surface area contributed by atoms with Crippen LogP contribution < -0.4 is 0 Å². The van der Waals surface area contributed by atoms with E-state index in [1.54, 1.807) is 10.5 Å². The highest BCUT2D eigenvalue weighted by molar-refractivity contribution is 8.00. The van der Waals surface area contributed by atoms with E-state index >= 15 is 0 Å². The highest BCUT2D eigenvalue weighted by atomic mass is 32.2. The van der Waals surface area contributed by atoms with Crippen LogP contribution in [0, 0.1) is 17.8 Å². The molecule has 4 rings (SSSR count). The highest BCUT2D eigenvalue weighted by Gasteiger charge is 2.49. The first-order valence-electron chi connectivity index (χ1n) is 6.16. The van der Waals surface area contributed by atoms with E-state index in [-0.39, 0.29) is 0 Å². The first kappa shape index (κ1) is 8.69. The Morgan fingerprint density at radius 3 is 2.93 bits per heavy atom. The van der Waals surface area contributed by atoms with Crippen LogP contribution >= 0.6 is 11.8 Å². The lowest BCUT2D eigenvalue weighted by Crippen LogP contribution is -2.29. The van der Waals surface area contributed by atoms with Gasteiger partial charge >= 0.3 is 0 Å².